The van der Waals surface area contributed by atoms with Crippen molar-refractivity contribution in [2.24, 2.45) is 0 Å². The normalized spacial score (nSPS) is 11.1. The summed E-state index contributed by atoms with van der Waals surface area (Å²) in [6.07, 6.45) is 3.98. The quantitative estimate of drug-likeness (QED) is 0.534. The SMILES string of the molecule is c1ccc(C(c2ccccc2)n2ccc3cccnc32)cc1. The summed E-state index contributed by atoms with van der Waals surface area (Å²) in [6, 6.07) is 27.5. The number of pyridine rings is 1. The Kier molecular flexibility index (Phi) is 3.20. The molecule has 0 bridgehead atoms. The third-order valence-electron chi connectivity index (χ3n) is 3.98. The predicted octanol–water partition coefficient (Wildman–Crippen LogP) is 4.67. The van der Waals surface area contributed by atoms with Crippen LogP contribution >= 0.6 is 0 Å². The van der Waals surface area contributed by atoms with Crippen LogP contribution in [0.25, 0.3) is 11.0 Å². The van der Waals surface area contributed by atoms with E-state index in [0.717, 1.165) is 5.65 Å². The lowest BCUT2D eigenvalue weighted by Gasteiger charge is -2.21. The van der Waals surface area contributed by atoms with Crippen molar-refractivity contribution >= 4 is 11.0 Å². The van der Waals surface area contributed by atoms with E-state index in [-0.39, 0.29) is 6.04 Å². The Balaban J connectivity index is 1.95. The number of fused-ring (bicyclic) bond motifs is 1. The third kappa shape index (κ3) is 2.19. The van der Waals surface area contributed by atoms with Gasteiger partial charge in [0, 0.05) is 17.8 Å². The van der Waals surface area contributed by atoms with Crippen LogP contribution < -0.4 is 0 Å². The molecule has 2 heteroatoms. The Morgan fingerprint density at radius 2 is 1.32 bits per heavy atom. The molecule has 0 radical (unpaired) electrons. The molecule has 0 atom stereocenters. The van der Waals surface area contributed by atoms with E-state index in [1.807, 2.05) is 12.3 Å². The van der Waals surface area contributed by atoms with Gasteiger partial charge in [-0.15, -0.1) is 0 Å². The maximum atomic E-state index is 4.58. The first-order valence-corrected chi connectivity index (χ1v) is 7.45. The first kappa shape index (κ1) is 12.8. The second-order valence-electron chi connectivity index (χ2n) is 5.36. The molecule has 0 unspecified atom stereocenters. The Morgan fingerprint density at radius 1 is 0.682 bits per heavy atom. The lowest BCUT2D eigenvalue weighted by atomic mass is 9.98. The van der Waals surface area contributed by atoms with Gasteiger partial charge >= 0.3 is 0 Å². The second-order valence-corrected chi connectivity index (χ2v) is 5.36. The monoisotopic (exact) mass is 284 g/mol. The first-order valence-electron chi connectivity index (χ1n) is 7.45. The van der Waals surface area contributed by atoms with Gasteiger partial charge in [0.05, 0.1) is 6.04 Å². The van der Waals surface area contributed by atoms with Crippen LogP contribution in [0.2, 0.25) is 0 Å². The van der Waals surface area contributed by atoms with Crippen LogP contribution in [0.1, 0.15) is 17.2 Å². The van der Waals surface area contributed by atoms with Crippen LogP contribution in [0.5, 0.6) is 0 Å². The zero-order valence-corrected chi connectivity index (χ0v) is 12.1. The van der Waals surface area contributed by atoms with Crippen molar-refractivity contribution in [1.29, 1.82) is 0 Å². The number of aromatic nitrogens is 2. The highest BCUT2D eigenvalue weighted by atomic mass is 15.1. The summed E-state index contributed by atoms with van der Waals surface area (Å²) in [5, 5.41) is 1.17. The molecule has 4 rings (SSSR count). The molecular formula is C20H16N2. The minimum absolute atomic E-state index is 0.134. The Hall–Kier alpha value is -2.87. The molecule has 4 aromatic rings. The summed E-state index contributed by atoms with van der Waals surface area (Å²) in [4.78, 5) is 4.58. The summed E-state index contributed by atoms with van der Waals surface area (Å²) < 4.78 is 2.25. The fourth-order valence-corrected chi connectivity index (χ4v) is 2.98. The molecule has 0 saturated heterocycles. The van der Waals surface area contributed by atoms with Crippen LogP contribution in [0.3, 0.4) is 0 Å². The van der Waals surface area contributed by atoms with Gasteiger partial charge in [0.25, 0.3) is 0 Å². The summed E-state index contributed by atoms with van der Waals surface area (Å²) >= 11 is 0. The third-order valence-corrected chi connectivity index (χ3v) is 3.98. The smallest absolute Gasteiger partial charge is 0.140 e. The van der Waals surface area contributed by atoms with Crippen molar-refractivity contribution in [1.82, 2.24) is 9.55 Å². The molecule has 2 nitrogen and oxygen atoms in total. The van der Waals surface area contributed by atoms with E-state index in [1.54, 1.807) is 0 Å². The molecule has 0 N–H and O–H groups in total. The fraction of sp³-hybridized carbons (Fsp3) is 0.0500. The van der Waals surface area contributed by atoms with Gasteiger partial charge in [0.2, 0.25) is 0 Å². The van der Waals surface area contributed by atoms with Gasteiger partial charge in [-0.2, -0.15) is 0 Å². The molecule has 2 aromatic carbocycles. The Bertz CT molecular complexity index is 840. The van der Waals surface area contributed by atoms with E-state index in [0.29, 0.717) is 0 Å². The van der Waals surface area contributed by atoms with Gasteiger partial charge in [-0.25, -0.2) is 4.98 Å². The van der Waals surface area contributed by atoms with Crippen molar-refractivity contribution in [3.8, 4) is 0 Å². The lowest BCUT2D eigenvalue weighted by molar-refractivity contribution is 0.698. The van der Waals surface area contributed by atoms with E-state index in [9.17, 15) is 0 Å². The summed E-state index contributed by atoms with van der Waals surface area (Å²) in [5.41, 5.74) is 3.54. The number of hydrogen-bond donors (Lipinski definition) is 0. The van der Waals surface area contributed by atoms with Crippen LogP contribution in [0.4, 0.5) is 0 Å². The van der Waals surface area contributed by atoms with E-state index in [2.05, 4.69) is 88.5 Å². The van der Waals surface area contributed by atoms with E-state index < -0.39 is 0 Å². The van der Waals surface area contributed by atoms with Crippen LogP contribution in [-0.2, 0) is 0 Å². The zero-order valence-electron chi connectivity index (χ0n) is 12.1. The topological polar surface area (TPSA) is 17.8 Å². The van der Waals surface area contributed by atoms with Gasteiger partial charge < -0.3 is 4.57 Å². The van der Waals surface area contributed by atoms with E-state index in [4.69, 9.17) is 0 Å². The maximum absolute atomic E-state index is 4.58. The molecule has 0 aliphatic carbocycles. The summed E-state index contributed by atoms with van der Waals surface area (Å²) in [5.74, 6) is 0. The fourth-order valence-electron chi connectivity index (χ4n) is 2.98. The van der Waals surface area contributed by atoms with Gasteiger partial charge in [-0.3, -0.25) is 0 Å². The molecule has 0 amide bonds. The van der Waals surface area contributed by atoms with E-state index in [1.165, 1.54) is 16.5 Å². The first-order chi connectivity index (χ1) is 10.9. The number of nitrogens with zero attached hydrogens (tertiary/aromatic N) is 2. The van der Waals surface area contributed by atoms with Gasteiger partial charge in [0.1, 0.15) is 5.65 Å². The minimum Gasteiger partial charge on any atom is -0.321 e. The summed E-state index contributed by atoms with van der Waals surface area (Å²) in [7, 11) is 0. The largest absolute Gasteiger partial charge is 0.321 e. The van der Waals surface area contributed by atoms with E-state index >= 15 is 0 Å². The highest BCUT2D eigenvalue weighted by molar-refractivity contribution is 5.76. The Labute approximate surface area is 129 Å². The molecule has 0 aliphatic rings. The standard InChI is InChI=1S/C20H16N2/c1-3-8-16(9-4-1)19(17-10-5-2-6-11-17)22-15-13-18-12-7-14-21-20(18)22/h1-15,19H. The molecule has 0 fully saturated rings. The highest BCUT2D eigenvalue weighted by Crippen LogP contribution is 2.29. The average molecular weight is 284 g/mol. The average Bonchev–Trinajstić information content (AvgIpc) is 3.01. The number of benzene rings is 2. The molecule has 2 heterocycles. The van der Waals surface area contributed by atoms with Gasteiger partial charge in [-0.1, -0.05) is 60.7 Å². The van der Waals surface area contributed by atoms with Crippen molar-refractivity contribution in [2.75, 3.05) is 0 Å². The minimum atomic E-state index is 0.134. The summed E-state index contributed by atoms with van der Waals surface area (Å²) in [6.45, 7) is 0. The molecule has 0 aliphatic heterocycles. The molecular weight excluding hydrogens is 268 g/mol. The van der Waals surface area contributed by atoms with Crippen LogP contribution in [0.15, 0.2) is 91.3 Å². The number of hydrogen-bond acceptors (Lipinski definition) is 1. The second kappa shape index (κ2) is 5.49. The molecule has 0 spiro atoms. The van der Waals surface area contributed by atoms with Gasteiger partial charge in [0.15, 0.2) is 0 Å². The zero-order chi connectivity index (χ0) is 14.8. The van der Waals surface area contributed by atoms with Crippen molar-refractivity contribution in [3.05, 3.63) is 102 Å². The molecule has 0 saturated carbocycles. The van der Waals surface area contributed by atoms with Crippen LogP contribution in [0, 0.1) is 0 Å². The molecule has 22 heavy (non-hydrogen) atoms. The van der Waals surface area contributed by atoms with Crippen LogP contribution in [-0.4, -0.2) is 9.55 Å². The van der Waals surface area contributed by atoms with Crippen molar-refractivity contribution < 1.29 is 0 Å². The van der Waals surface area contributed by atoms with Gasteiger partial charge in [-0.05, 0) is 29.3 Å². The number of rotatable bonds is 3. The predicted molar refractivity (Wildman–Crippen MR) is 89.9 cm³/mol. The molecule has 2 aromatic heterocycles. The highest BCUT2D eigenvalue weighted by Gasteiger charge is 2.17. The maximum Gasteiger partial charge on any atom is 0.140 e. The van der Waals surface area contributed by atoms with Crippen molar-refractivity contribution in [2.45, 2.75) is 6.04 Å². The lowest BCUT2D eigenvalue weighted by Crippen LogP contribution is -2.11. The van der Waals surface area contributed by atoms with Crippen molar-refractivity contribution in [3.63, 3.8) is 0 Å². The molecule has 106 valence electrons. The Morgan fingerprint density at radius 3 is 1.95 bits per heavy atom.